The molecule has 0 radical (unpaired) electrons. The fourth-order valence-electron chi connectivity index (χ4n) is 4.17. The van der Waals surface area contributed by atoms with Gasteiger partial charge in [-0.1, -0.05) is 25.5 Å². The quantitative estimate of drug-likeness (QED) is 0.804. The Morgan fingerprint density at radius 3 is 2.92 bits per heavy atom. The number of para-hydroxylation sites is 1. The molecule has 5 nitrogen and oxygen atoms in total. The van der Waals surface area contributed by atoms with Crippen LogP contribution >= 0.6 is 0 Å². The molecule has 5 heteroatoms. The van der Waals surface area contributed by atoms with Crippen molar-refractivity contribution in [1.82, 2.24) is 4.90 Å². The van der Waals surface area contributed by atoms with E-state index in [4.69, 9.17) is 9.47 Å². The van der Waals surface area contributed by atoms with Crippen molar-refractivity contribution in [2.45, 2.75) is 63.2 Å². The van der Waals surface area contributed by atoms with Crippen LogP contribution in [0.3, 0.4) is 0 Å². The number of benzene rings is 1. The summed E-state index contributed by atoms with van der Waals surface area (Å²) in [5.41, 5.74) is 0.290. The van der Waals surface area contributed by atoms with E-state index < -0.39 is 0 Å². The average molecular weight is 347 g/mol. The summed E-state index contributed by atoms with van der Waals surface area (Å²) >= 11 is 0. The van der Waals surface area contributed by atoms with E-state index in [2.05, 4.69) is 6.92 Å². The molecule has 1 aliphatic carbocycles. The molecule has 1 saturated heterocycles. The lowest BCUT2D eigenvalue weighted by Gasteiger charge is -2.42. The van der Waals surface area contributed by atoms with Crippen LogP contribution in [0.2, 0.25) is 0 Å². The molecule has 1 aromatic carbocycles. The highest BCUT2D eigenvalue weighted by Gasteiger charge is 2.52. The van der Waals surface area contributed by atoms with Crippen LogP contribution in [-0.2, 0) is 4.74 Å². The van der Waals surface area contributed by atoms with E-state index in [1.54, 1.807) is 7.11 Å². The molecular weight excluding hydrogens is 318 g/mol. The van der Waals surface area contributed by atoms with Gasteiger partial charge in [0.25, 0.3) is 5.91 Å². The van der Waals surface area contributed by atoms with Gasteiger partial charge in [0.05, 0.1) is 29.9 Å². The van der Waals surface area contributed by atoms with Crippen LogP contribution in [0.15, 0.2) is 24.3 Å². The Hall–Kier alpha value is -1.59. The molecule has 0 spiro atoms. The number of carbonyl (C=O) groups excluding carboxylic acids is 1. The lowest BCUT2D eigenvalue weighted by Crippen LogP contribution is -2.52. The lowest BCUT2D eigenvalue weighted by atomic mass is 9.79. The number of hydrogen-bond acceptors (Lipinski definition) is 4. The zero-order valence-electron chi connectivity index (χ0n) is 15.2. The third kappa shape index (κ3) is 3.53. The summed E-state index contributed by atoms with van der Waals surface area (Å²) in [6, 6.07) is 7.38. The van der Waals surface area contributed by atoms with Gasteiger partial charge < -0.3 is 19.5 Å². The molecule has 1 aliphatic heterocycles. The SMILES string of the molecule is CCCCOc1ccccc1C(=O)N1CC[C@]2(OC)CC[C@@H](O)C[C@H]12. The molecule has 138 valence electrons. The molecule has 0 aromatic heterocycles. The number of nitrogens with zero attached hydrogens (tertiary/aromatic N) is 1. The van der Waals surface area contributed by atoms with Gasteiger partial charge in [0.1, 0.15) is 5.75 Å². The minimum atomic E-state index is -0.363. The Bertz CT molecular complexity index is 605. The Kier molecular flexibility index (Phi) is 5.64. The summed E-state index contributed by atoms with van der Waals surface area (Å²) in [6.45, 7) is 3.39. The Labute approximate surface area is 149 Å². The Balaban J connectivity index is 1.81. The summed E-state index contributed by atoms with van der Waals surface area (Å²) < 4.78 is 11.7. The average Bonchev–Trinajstić information content (AvgIpc) is 3.01. The number of carbonyl (C=O) groups is 1. The van der Waals surface area contributed by atoms with Gasteiger partial charge in [-0.15, -0.1) is 0 Å². The van der Waals surface area contributed by atoms with Crippen LogP contribution in [0.25, 0.3) is 0 Å². The van der Waals surface area contributed by atoms with Crippen LogP contribution in [0.4, 0.5) is 0 Å². The number of amides is 1. The maximum Gasteiger partial charge on any atom is 0.257 e. The maximum atomic E-state index is 13.2. The summed E-state index contributed by atoms with van der Waals surface area (Å²) in [7, 11) is 1.72. The molecule has 2 fully saturated rings. The summed E-state index contributed by atoms with van der Waals surface area (Å²) in [6.07, 6.45) is 4.60. The molecule has 2 aliphatic rings. The van der Waals surface area contributed by atoms with Crippen molar-refractivity contribution in [3.8, 4) is 5.75 Å². The first-order valence-electron chi connectivity index (χ1n) is 9.37. The molecule has 25 heavy (non-hydrogen) atoms. The molecule has 1 heterocycles. The standard InChI is InChI=1S/C20H29NO4/c1-3-4-13-25-17-8-6-5-7-16(17)19(23)21-12-11-20(24-2)10-9-15(22)14-18(20)21/h5-8,15,18,22H,3-4,9-14H2,1-2H3/t15-,18+,20-/m1/s1. The summed E-state index contributed by atoms with van der Waals surface area (Å²) in [5.74, 6) is 0.623. The minimum Gasteiger partial charge on any atom is -0.493 e. The van der Waals surface area contributed by atoms with Crippen LogP contribution in [-0.4, -0.2) is 53.9 Å². The zero-order chi connectivity index (χ0) is 17.9. The summed E-state index contributed by atoms with van der Waals surface area (Å²) in [4.78, 5) is 15.1. The van der Waals surface area contributed by atoms with E-state index in [1.807, 2.05) is 29.2 Å². The highest BCUT2D eigenvalue weighted by molar-refractivity contribution is 5.97. The number of fused-ring (bicyclic) bond motifs is 1. The number of ether oxygens (including phenoxy) is 2. The van der Waals surface area contributed by atoms with Crippen molar-refractivity contribution in [1.29, 1.82) is 0 Å². The monoisotopic (exact) mass is 347 g/mol. The van der Waals surface area contributed by atoms with Gasteiger partial charge in [0.15, 0.2) is 0 Å². The highest BCUT2D eigenvalue weighted by atomic mass is 16.5. The van der Waals surface area contributed by atoms with Crippen molar-refractivity contribution in [2.75, 3.05) is 20.3 Å². The Morgan fingerprint density at radius 2 is 2.16 bits per heavy atom. The predicted octanol–water partition coefficient (Wildman–Crippen LogP) is 3.01. The third-order valence-electron chi connectivity index (χ3n) is 5.70. The van der Waals surface area contributed by atoms with E-state index in [0.717, 1.165) is 32.1 Å². The van der Waals surface area contributed by atoms with E-state index in [-0.39, 0.29) is 23.7 Å². The first-order valence-corrected chi connectivity index (χ1v) is 9.37. The number of rotatable bonds is 6. The van der Waals surface area contributed by atoms with Crippen molar-refractivity contribution in [2.24, 2.45) is 0 Å². The van der Waals surface area contributed by atoms with E-state index in [0.29, 0.717) is 30.9 Å². The number of methoxy groups -OCH3 is 1. The van der Waals surface area contributed by atoms with E-state index >= 15 is 0 Å². The predicted molar refractivity (Wildman–Crippen MR) is 95.9 cm³/mol. The Morgan fingerprint density at radius 1 is 1.36 bits per heavy atom. The van der Waals surface area contributed by atoms with Crippen molar-refractivity contribution in [3.05, 3.63) is 29.8 Å². The number of hydrogen-bond donors (Lipinski definition) is 1. The van der Waals surface area contributed by atoms with Gasteiger partial charge in [-0.25, -0.2) is 0 Å². The van der Waals surface area contributed by atoms with Gasteiger partial charge in [-0.2, -0.15) is 0 Å². The lowest BCUT2D eigenvalue weighted by molar-refractivity contribution is -0.0824. The first kappa shape index (κ1) is 18.2. The number of likely N-dealkylation sites (tertiary alicyclic amines) is 1. The fraction of sp³-hybridized carbons (Fsp3) is 0.650. The molecule has 3 atom stereocenters. The van der Waals surface area contributed by atoms with Crippen LogP contribution in [0.5, 0.6) is 5.75 Å². The van der Waals surface area contributed by atoms with Gasteiger partial charge >= 0.3 is 0 Å². The molecule has 1 amide bonds. The summed E-state index contributed by atoms with van der Waals surface area (Å²) in [5, 5.41) is 10.1. The van der Waals surface area contributed by atoms with Gasteiger partial charge in [0.2, 0.25) is 0 Å². The van der Waals surface area contributed by atoms with Crippen molar-refractivity contribution in [3.63, 3.8) is 0 Å². The van der Waals surface area contributed by atoms with Crippen molar-refractivity contribution >= 4 is 5.91 Å². The molecule has 0 bridgehead atoms. The maximum absolute atomic E-state index is 13.2. The number of unbranched alkanes of at least 4 members (excludes halogenated alkanes) is 1. The molecule has 1 N–H and O–H groups in total. The molecular formula is C20H29NO4. The van der Waals surface area contributed by atoms with Gasteiger partial charge in [-0.3, -0.25) is 4.79 Å². The zero-order valence-corrected chi connectivity index (χ0v) is 15.2. The molecule has 0 unspecified atom stereocenters. The molecule has 1 aromatic rings. The van der Waals surface area contributed by atoms with E-state index in [1.165, 1.54) is 0 Å². The number of aliphatic hydroxyl groups excluding tert-OH is 1. The van der Waals surface area contributed by atoms with Gasteiger partial charge in [-0.05, 0) is 44.2 Å². The topological polar surface area (TPSA) is 59.0 Å². The fourth-order valence-corrected chi connectivity index (χ4v) is 4.17. The van der Waals surface area contributed by atoms with Crippen molar-refractivity contribution < 1.29 is 19.4 Å². The van der Waals surface area contributed by atoms with Gasteiger partial charge in [0, 0.05) is 13.7 Å². The van der Waals surface area contributed by atoms with E-state index in [9.17, 15) is 9.90 Å². The molecule has 1 saturated carbocycles. The highest BCUT2D eigenvalue weighted by Crippen LogP contribution is 2.43. The third-order valence-corrected chi connectivity index (χ3v) is 5.70. The minimum absolute atomic E-state index is 0.0230. The smallest absolute Gasteiger partial charge is 0.257 e. The van der Waals surface area contributed by atoms with Crippen LogP contribution in [0, 0.1) is 0 Å². The molecule has 3 rings (SSSR count). The van der Waals surface area contributed by atoms with Crippen LogP contribution in [0.1, 0.15) is 55.8 Å². The number of aliphatic hydroxyl groups is 1. The second-order valence-corrected chi connectivity index (χ2v) is 7.16. The second kappa shape index (κ2) is 7.75. The van der Waals surface area contributed by atoms with Crippen LogP contribution < -0.4 is 4.74 Å². The normalized spacial score (nSPS) is 28.7. The first-order chi connectivity index (χ1) is 12.1. The second-order valence-electron chi connectivity index (χ2n) is 7.16. The largest absolute Gasteiger partial charge is 0.493 e.